The molecule has 0 fully saturated rings. The highest BCUT2D eigenvalue weighted by Crippen LogP contribution is 2.37. The van der Waals surface area contributed by atoms with Crippen LogP contribution in [0.5, 0.6) is 5.75 Å². The second kappa shape index (κ2) is 4.57. The molecule has 0 bridgehead atoms. The van der Waals surface area contributed by atoms with Crippen molar-refractivity contribution in [3.8, 4) is 5.75 Å². The van der Waals surface area contributed by atoms with Crippen molar-refractivity contribution < 1.29 is 5.11 Å². The molecule has 0 aliphatic rings. The van der Waals surface area contributed by atoms with Crippen LogP contribution in [-0.2, 0) is 0 Å². The van der Waals surface area contributed by atoms with Crippen molar-refractivity contribution in [3.05, 3.63) is 50.1 Å². The van der Waals surface area contributed by atoms with Crippen LogP contribution in [-0.4, -0.2) is 5.11 Å². The number of phenolic OH excluding ortho intramolecular Hbond substituents is 1. The zero-order valence-corrected chi connectivity index (χ0v) is 11.2. The lowest BCUT2D eigenvalue weighted by molar-refractivity contribution is 0.460. The standard InChI is InChI=1S/C12H12BrNOS/c1-7-4-5-8(13)10(12(7)15)11(14)9-3-2-6-16-9/h2-6,11,15H,14H2,1H3/t11-/m0/s1. The van der Waals surface area contributed by atoms with Gasteiger partial charge in [0.05, 0.1) is 6.04 Å². The van der Waals surface area contributed by atoms with E-state index in [1.165, 1.54) is 0 Å². The maximum atomic E-state index is 10.0. The molecule has 3 N–H and O–H groups in total. The largest absolute Gasteiger partial charge is 0.507 e. The molecular formula is C12H12BrNOS. The van der Waals surface area contributed by atoms with E-state index >= 15 is 0 Å². The predicted molar refractivity (Wildman–Crippen MR) is 70.9 cm³/mol. The van der Waals surface area contributed by atoms with Gasteiger partial charge in [-0.15, -0.1) is 11.3 Å². The van der Waals surface area contributed by atoms with E-state index in [1.807, 2.05) is 36.6 Å². The minimum atomic E-state index is -0.283. The van der Waals surface area contributed by atoms with Crippen molar-refractivity contribution in [2.24, 2.45) is 5.73 Å². The van der Waals surface area contributed by atoms with E-state index in [0.29, 0.717) is 0 Å². The number of phenols is 1. The van der Waals surface area contributed by atoms with Crippen LogP contribution in [0.25, 0.3) is 0 Å². The molecule has 0 unspecified atom stereocenters. The molecule has 2 nitrogen and oxygen atoms in total. The molecule has 1 aromatic heterocycles. The average molecular weight is 298 g/mol. The van der Waals surface area contributed by atoms with E-state index in [9.17, 15) is 5.11 Å². The molecule has 0 radical (unpaired) electrons. The molecule has 1 atom stereocenters. The molecule has 4 heteroatoms. The molecule has 0 spiro atoms. The van der Waals surface area contributed by atoms with Crippen molar-refractivity contribution in [1.29, 1.82) is 0 Å². The first-order chi connectivity index (χ1) is 7.61. The van der Waals surface area contributed by atoms with Crippen molar-refractivity contribution >= 4 is 27.3 Å². The molecule has 0 amide bonds. The Labute approximate surface area is 107 Å². The number of halogens is 1. The summed E-state index contributed by atoms with van der Waals surface area (Å²) in [6, 6.07) is 7.43. The van der Waals surface area contributed by atoms with Gasteiger partial charge in [0.25, 0.3) is 0 Å². The number of hydrogen-bond acceptors (Lipinski definition) is 3. The molecule has 1 heterocycles. The van der Waals surface area contributed by atoms with E-state index in [-0.39, 0.29) is 11.8 Å². The van der Waals surface area contributed by atoms with Crippen LogP contribution in [0.15, 0.2) is 34.1 Å². The number of rotatable bonds is 2. The van der Waals surface area contributed by atoms with Crippen molar-refractivity contribution in [3.63, 3.8) is 0 Å². The summed E-state index contributed by atoms with van der Waals surface area (Å²) >= 11 is 5.02. The lowest BCUT2D eigenvalue weighted by Gasteiger charge is -2.15. The van der Waals surface area contributed by atoms with Gasteiger partial charge in [0, 0.05) is 14.9 Å². The van der Waals surface area contributed by atoms with Crippen LogP contribution in [0.2, 0.25) is 0 Å². The van der Waals surface area contributed by atoms with Gasteiger partial charge in [-0.2, -0.15) is 0 Å². The Bertz CT molecular complexity index is 496. The van der Waals surface area contributed by atoms with Gasteiger partial charge in [0.1, 0.15) is 5.75 Å². The molecule has 0 aliphatic carbocycles. The highest BCUT2D eigenvalue weighted by atomic mass is 79.9. The topological polar surface area (TPSA) is 46.2 Å². The van der Waals surface area contributed by atoms with Gasteiger partial charge in [-0.1, -0.05) is 28.1 Å². The fraction of sp³-hybridized carbons (Fsp3) is 0.167. The van der Waals surface area contributed by atoms with Crippen molar-refractivity contribution in [2.75, 3.05) is 0 Å². The number of benzene rings is 1. The third-order valence-corrected chi connectivity index (χ3v) is 4.17. The molecule has 0 aliphatic heterocycles. The van der Waals surface area contributed by atoms with E-state index in [4.69, 9.17) is 5.73 Å². The molecule has 16 heavy (non-hydrogen) atoms. The second-order valence-electron chi connectivity index (χ2n) is 3.62. The summed E-state index contributed by atoms with van der Waals surface area (Å²) in [6.07, 6.45) is 0. The smallest absolute Gasteiger partial charge is 0.124 e. The molecule has 2 aromatic rings. The third-order valence-electron chi connectivity index (χ3n) is 2.53. The Balaban J connectivity index is 2.52. The Morgan fingerprint density at radius 1 is 1.38 bits per heavy atom. The van der Waals surface area contributed by atoms with Gasteiger partial charge < -0.3 is 10.8 Å². The van der Waals surface area contributed by atoms with Crippen molar-refractivity contribution in [1.82, 2.24) is 0 Å². The number of thiophene rings is 1. The first-order valence-electron chi connectivity index (χ1n) is 4.88. The number of aromatic hydroxyl groups is 1. The zero-order chi connectivity index (χ0) is 11.7. The monoisotopic (exact) mass is 297 g/mol. The average Bonchev–Trinajstić information content (AvgIpc) is 2.77. The summed E-state index contributed by atoms with van der Waals surface area (Å²) in [7, 11) is 0. The summed E-state index contributed by atoms with van der Waals surface area (Å²) in [5.74, 6) is 0.273. The van der Waals surface area contributed by atoms with E-state index < -0.39 is 0 Å². The minimum Gasteiger partial charge on any atom is -0.507 e. The van der Waals surface area contributed by atoms with E-state index in [0.717, 1.165) is 20.5 Å². The Morgan fingerprint density at radius 3 is 2.75 bits per heavy atom. The third kappa shape index (κ3) is 2.00. The fourth-order valence-electron chi connectivity index (χ4n) is 1.60. The van der Waals surface area contributed by atoms with E-state index in [2.05, 4.69) is 15.9 Å². The Morgan fingerprint density at radius 2 is 2.12 bits per heavy atom. The summed E-state index contributed by atoms with van der Waals surface area (Å²) in [5.41, 5.74) is 7.74. The van der Waals surface area contributed by atoms with Crippen LogP contribution in [0, 0.1) is 6.92 Å². The number of hydrogen-bond donors (Lipinski definition) is 2. The Kier molecular flexibility index (Phi) is 3.33. The first kappa shape index (κ1) is 11.6. The zero-order valence-electron chi connectivity index (χ0n) is 8.77. The maximum Gasteiger partial charge on any atom is 0.124 e. The van der Waals surface area contributed by atoms with E-state index in [1.54, 1.807) is 11.3 Å². The molecule has 0 saturated heterocycles. The molecule has 2 rings (SSSR count). The van der Waals surface area contributed by atoms with Gasteiger partial charge in [0.15, 0.2) is 0 Å². The van der Waals surface area contributed by atoms with Gasteiger partial charge >= 0.3 is 0 Å². The first-order valence-corrected chi connectivity index (χ1v) is 6.55. The van der Waals surface area contributed by atoms with Crippen LogP contribution in [0.1, 0.15) is 22.0 Å². The SMILES string of the molecule is Cc1ccc(Br)c([C@@H](N)c2cccs2)c1O. The maximum absolute atomic E-state index is 10.0. The summed E-state index contributed by atoms with van der Waals surface area (Å²) in [6.45, 7) is 1.87. The normalized spacial score (nSPS) is 12.7. The lowest BCUT2D eigenvalue weighted by atomic mass is 10.0. The van der Waals surface area contributed by atoms with Gasteiger partial charge in [-0.25, -0.2) is 0 Å². The lowest BCUT2D eigenvalue weighted by Crippen LogP contribution is -2.11. The summed E-state index contributed by atoms with van der Waals surface area (Å²) in [5, 5.41) is 12.0. The van der Waals surface area contributed by atoms with Gasteiger partial charge in [-0.3, -0.25) is 0 Å². The quantitative estimate of drug-likeness (QED) is 0.890. The fourth-order valence-corrected chi connectivity index (χ4v) is 2.90. The van der Waals surface area contributed by atoms with Crippen molar-refractivity contribution in [2.45, 2.75) is 13.0 Å². The summed E-state index contributed by atoms with van der Waals surface area (Å²) in [4.78, 5) is 1.04. The van der Waals surface area contributed by atoms with Crippen LogP contribution in [0.3, 0.4) is 0 Å². The second-order valence-corrected chi connectivity index (χ2v) is 5.45. The predicted octanol–water partition coefficient (Wildman–Crippen LogP) is 3.57. The number of aryl methyl sites for hydroxylation is 1. The molecular weight excluding hydrogens is 286 g/mol. The molecule has 0 saturated carbocycles. The highest BCUT2D eigenvalue weighted by molar-refractivity contribution is 9.10. The minimum absolute atomic E-state index is 0.273. The van der Waals surface area contributed by atoms with Crippen LogP contribution in [0.4, 0.5) is 0 Å². The summed E-state index contributed by atoms with van der Waals surface area (Å²) < 4.78 is 0.844. The van der Waals surface area contributed by atoms with Gasteiger partial charge in [-0.05, 0) is 30.0 Å². The van der Waals surface area contributed by atoms with Gasteiger partial charge in [0.2, 0.25) is 0 Å². The molecule has 1 aromatic carbocycles. The molecule has 84 valence electrons. The Hall–Kier alpha value is -0.840. The van der Waals surface area contributed by atoms with Crippen LogP contribution < -0.4 is 5.73 Å². The number of nitrogens with two attached hydrogens (primary N) is 1. The van der Waals surface area contributed by atoms with Crippen LogP contribution >= 0.6 is 27.3 Å². The highest BCUT2D eigenvalue weighted by Gasteiger charge is 2.18.